The Hall–Kier alpha value is -4.55. The van der Waals surface area contributed by atoms with Crippen molar-refractivity contribution >= 4 is 67.1 Å². The summed E-state index contributed by atoms with van der Waals surface area (Å²) < 4.78 is 0. The van der Waals surface area contributed by atoms with Crippen molar-refractivity contribution in [3.05, 3.63) is 105 Å². The van der Waals surface area contributed by atoms with Gasteiger partial charge < -0.3 is 15.0 Å². The maximum Gasteiger partial charge on any atom is 2.00 e. The maximum absolute atomic E-state index is 4.44. The molecule has 0 aliphatic heterocycles. The molecule has 9 aromatic rings. The quantitative estimate of drug-likeness (QED) is 0.165. The summed E-state index contributed by atoms with van der Waals surface area (Å²) in [5.41, 5.74) is 14.2. The third-order valence-electron chi connectivity index (χ3n) is 6.19. The summed E-state index contributed by atoms with van der Waals surface area (Å²) >= 11 is 4.72. The minimum atomic E-state index is 0. The van der Waals surface area contributed by atoms with Crippen LogP contribution in [0.5, 0.6) is 0 Å². The zero-order valence-electron chi connectivity index (χ0n) is 22.1. The summed E-state index contributed by atoms with van der Waals surface area (Å²) in [6, 6.07) is 23.9. The molecule has 3 N–H and O–H groups in total. The number of fused-ring (bicyclic) bond motifs is 3. The Morgan fingerprint density at radius 3 is 0.977 bits per heavy atom. The normalized spacial score (nSPS) is 10.6. The Balaban J connectivity index is 0.000000113. The average Bonchev–Trinajstić information content (AvgIpc) is 3.88. The fourth-order valence-corrected chi connectivity index (χ4v) is 5.82. The predicted molar refractivity (Wildman–Crippen MR) is 172 cm³/mol. The fraction of sp³-hybridized carbons (Fsp3) is 0. The summed E-state index contributed by atoms with van der Waals surface area (Å²) in [5, 5.41) is 5.95. The molecular formula is C30H21N9NiS3+2. The van der Waals surface area contributed by atoms with Crippen LogP contribution < -0.4 is 0 Å². The van der Waals surface area contributed by atoms with E-state index in [1.807, 2.05) is 105 Å². The van der Waals surface area contributed by atoms with Crippen molar-refractivity contribution in [3.63, 3.8) is 0 Å². The molecule has 0 aliphatic rings. The Bertz CT molecular complexity index is 1820. The minimum Gasteiger partial charge on any atom is -0.337 e. The van der Waals surface area contributed by atoms with Gasteiger partial charge in [-0.05, 0) is 36.4 Å². The summed E-state index contributed by atoms with van der Waals surface area (Å²) in [4.78, 5) is 35.6. The number of hydrogen-bond donors (Lipinski definition) is 3. The zero-order chi connectivity index (χ0) is 28.1. The Labute approximate surface area is 267 Å². The van der Waals surface area contributed by atoms with Gasteiger partial charge in [0.25, 0.3) is 0 Å². The number of H-pyrrole nitrogens is 3. The number of hydrogen-bond acceptors (Lipinski definition) is 9. The first kappa shape index (κ1) is 28.6. The van der Waals surface area contributed by atoms with Crippen molar-refractivity contribution in [2.45, 2.75) is 0 Å². The second-order valence-electron chi connectivity index (χ2n) is 8.93. The second kappa shape index (κ2) is 13.2. The molecule has 6 aromatic heterocycles. The molecule has 0 unspecified atom stereocenters. The van der Waals surface area contributed by atoms with E-state index in [0.717, 1.165) is 67.7 Å². The third kappa shape index (κ3) is 6.45. The maximum atomic E-state index is 4.44. The molecule has 212 valence electrons. The van der Waals surface area contributed by atoms with Crippen LogP contribution in [0.4, 0.5) is 0 Å². The van der Waals surface area contributed by atoms with Gasteiger partial charge in [0.1, 0.15) is 17.1 Å². The number of rotatable bonds is 3. The number of benzene rings is 3. The number of aromatic amines is 3. The van der Waals surface area contributed by atoms with Gasteiger partial charge in [-0.1, -0.05) is 36.4 Å². The van der Waals surface area contributed by atoms with Crippen LogP contribution in [0.25, 0.3) is 67.7 Å². The predicted octanol–water partition coefficient (Wildman–Crippen LogP) is 8.06. The van der Waals surface area contributed by atoms with Crippen LogP contribution in [0, 0.1) is 0 Å². The van der Waals surface area contributed by atoms with E-state index in [9.17, 15) is 0 Å². The molecule has 0 spiro atoms. The standard InChI is InChI=1S/3C10H7N3S.Ni/c3*1-2-4-8-7(3-1)12-10(13-8)9-5-14-6-11-9;/h3*1-6H,(H,12,13);/q;;;+2. The van der Waals surface area contributed by atoms with E-state index in [0.29, 0.717) is 0 Å². The van der Waals surface area contributed by atoms with Gasteiger partial charge in [0, 0.05) is 16.1 Å². The first-order chi connectivity index (χ1) is 20.8. The van der Waals surface area contributed by atoms with Crippen LogP contribution in [0.2, 0.25) is 0 Å². The van der Waals surface area contributed by atoms with Crippen molar-refractivity contribution in [1.29, 1.82) is 0 Å². The van der Waals surface area contributed by atoms with Gasteiger partial charge in [-0.25, -0.2) is 29.9 Å². The number of imidazole rings is 3. The van der Waals surface area contributed by atoms with E-state index in [-0.39, 0.29) is 16.5 Å². The molecule has 43 heavy (non-hydrogen) atoms. The number of nitrogens with one attached hydrogen (secondary N) is 3. The molecule has 0 aliphatic carbocycles. The number of aromatic nitrogens is 9. The van der Waals surface area contributed by atoms with E-state index < -0.39 is 0 Å². The Morgan fingerprint density at radius 1 is 0.419 bits per heavy atom. The van der Waals surface area contributed by atoms with Gasteiger partial charge in [0.2, 0.25) is 0 Å². The van der Waals surface area contributed by atoms with Gasteiger partial charge in [-0.2, -0.15) is 0 Å². The molecule has 0 saturated carbocycles. The number of para-hydroxylation sites is 6. The van der Waals surface area contributed by atoms with Crippen molar-refractivity contribution in [1.82, 2.24) is 44.9 Å². The SMILES string of the molecule is [Ni+2].c1ccc2[nH]c(-c3cscn3)nc2c1.c1ccc2[nH]c(-c3cscn3)nc2c1.c1ccc2[nH]c(-c3cscn3)nc2c1. The molecule has 0 atom stereocenters. The number of thiazole rings is 3. The van der Waals surface area contributed by atoms with Crippen LogP contribution in [0.3, 0.4) is 0 Å². The molecule has 0 fully saturated rings. The molecule has 9 rings (SSSR count). The van der Waals surface area contributed by atoms with E-state index in [4.69, 9.17) is 0 Å². The van der Waals surface area contributed by atoms with E-state index >= 15 is 0 Å². The molecule has 0 amide bonds. The molecule has 13 heteroatoms. The van der Waals surface area contributed by atoms with Crippen molar-refractivity contribution < 1.29 is 16.5 Å². The summed E-state index contributed by atoms with van der Waals surface area (Å²) in [6.45, 7) is 0. The van der Waals surface area contributed by atoms with E-state index in [2.05, 4.69) is 44.9 Å². The van der Waals surface area contributed by atoms with Crippen LogP contribution in [0.15, 0.2) is 105 Å². The van der Waals surface area contributed by atoms with Crippen LogP contribution in [0.1, 0.15) is 0 Å². The van der Waals surface area contributed by atoms with Gasteiger partial charge in [-0.15, -0.1) is 34.0 Å². The fourth-order valence-electron chi connectivity index (χ4n) is 4.21. The zero-order valence-corrected chi connectivity index (χ0v) is 25.6. The topological polar surface area (TPSA) is 125 Å². The molecule has 0 radical (unpaired) electrons. The van der Waals surface area contributed by atoms with Crippen LogP contribution in [-0.2, 0) is 16.5 Å². The first-order valence-corrected chi connectivity index (χ1v) is 15.6. The molecule has 9 nitrogen and oxygen atoms in total. The summed E-state index contributed by atoms with van der Waals surface area (Å²) in [6.07, 6.45) is 0. The number of nitrogens with zero attached hydrogens (tertiary/aromatic N) is 6. The average molecular weight is 662 g/mol. The smallest absolute Gasteiger partial charge is 0.337 e. The Morgan fingerprint density at radius 2 is 0.721 bits per heavy atom. The van der Waals surface area contributed by atoms with Crippen molar-refractivity contribution in [2.75, 3.05) is 0 Å². The van der Waals surface area contributed by atoms with Crippen molar-refractivity contribution in [3.8, 4) is 34.6 Å². The van der Waals surface area contributed by atoms with Crippen LogP contribution in [-0.4, -0.2) is 44.9 Å². The van der Waals surface area contributed by atoms with E-state index in [1.165, 1.54) is 0 Å². The molecule has 6 heterocycles. The minimum absolute atomic E-state index is 0. The second-order valence-corrected chi connectivity index (χ2v) is 11.1. The molecule has 3 aromatic carbocycles. The monoisotopic (exact) mass is 661 g/mol. The van der Waals surface area contributed by atoms with Crippen molar-refractivity contribution in [2.24, 2.45) is 0 Å². The third-order valence-corrected chi connectivity index (χ3v) is 7.95. The molecule has 0 saturated heterocycles. The summed E-state index contributed by atoms with van der Waals surface area (Å²) in [7, 11) is 0. The van der Waals surface area contributed by atoms with E-state index in [1.54, 1.807) is 34.0 Å². The van der Waals surface area contributed by atoms with Gasteiger partial charge >= 0.3 is 16.5 Å². The summed E-state index contributed by atoms with van der Waals surface area (Å²) in [5.74, 6) is 2.52. The van der Waals surface area contributed by atoms with Gasteiger partial charge in [-0.3, -0.25) is 0 Å². The Kier molecular flexibility index (Phi) is 8.76. The molecular weight excluding hydrogens is 641 g/mol. The first-order valence-electron chi connectivity index (χ1n) is 12.8. The van der Waals surface area contributed by atoms with Gasteiger partial charge in [0.15, 0.2) is 17.5 Å². The molecule has 0 bridgehead atoms. The van der Waals surface area contributed by atoms with Gasteiger partial charge in [0.05, 0.1) is 49.6 Å². The van der Waals surface area contributed by atoms with Crippen LogP contribution >= 0.6 is 34.0 Å². The largest absolute Gasteiger partial charge is 2.00 e.